The molecule has 76 valence electrons. The van der Waals surface area contributed by atoms with E-state index in [1.807, 2.05) is 12.1 Å². The van der Waals surface area contributed by atoms with Crippen molar-refractivity contribution in [3.8, 4) is 0 Å². The highest BCUT2D eigenvalue weighted by Gasteiger charge is 2.56. The van der Waals surface area contributed by atoms with Crippen LogP contribution in [0.5, 0.6) is 0 Å². The Kier molecular flexibility index (Phi) is 1.93. The fourth-order valence-electron chi connectivity index (χ4n) is 2.12. The van der Waals surface area contributed by atoms with Gasteiger partial charge in [0.05, 0.1) is 0 Å². The molecule has 1 aromatic carbocycles. The van der Waals surface area contributed by atoms with Gasteiger partial charge in [0, 0.05) is 12.0 Å². The molecular weight excluding hydrogens is 177 g/mol. The molecule has 0 spiro atoms. The normalized spacial score (nSPS) is 28.9. The summed E-state index contributed by atoms with van der Waals surface area (Å²) in [6.45, 7) is 6.03. The third-order valence-electron chi connectivity index (χ3n) is 3.47. The van der Waals surface area contributed by atoms with Crippen LogP contribution < -0.4 is 5.73 Å². The zero-order chi connectivity index (χ0) is 10.5. The first-order valence-electron chi connectivity index (χ1n) is 4.96. The summed E-state index contributed by atoms with van der Waals surface area (Å²) < 4.78 is 13.3. The molecule has 0 heterocycles. The number of aryl methyl sites for hydroxylation is 1. The first-order valence-corrected chi connectivity index (χ1v) is 4.96. The maximum Gasteiger partial charge on any atom is 0.126 e. The zero-order valence-corrected chi connectivity index (χ0v) is 8.84. The van der Waals surface area contributed by atoms with E-state index in [4.69, 9.17) is 5.73 Å². The van der Waals surface area contributed by atoms with Crippen molar-refractivity contribution >= 4 is 0 Å². The monoisotopic (exact) mass is 193 g/mol. The smallest absolute Gasteiger partial charge is 0.126 e. The van der Waals surface area contributed by atoms with Gasteiger partial charge in [-0.1, -0.05) is 26.0 Å². The van der Waals surface area contributed by atoms with Crippen molar-refractivity contribution in [3.63, 3.8) is 0 Å². The Hall–Kier alpha value is -0.890. The van der Waals surface area contributed by atoms with E-state index in [1.165, 1.54) is 0 Å². The van der Waals surface area contributed by atoms with Crippen molar-refractivity contribution in [1.29, 1.82) is 0 Å². The minimum atomic E-state index is -0.127. The van der Waals surface area contributed by atoms with Crippen molar-refractivity contribution in [2.45, 2.75) is 32.7 Å². The van der Waals surface area contributed by atoms with Crippen LogP contribution in [0.4, 0.5) is 4.39 Å². The van der Waals surface area contributed by atoms with E-state index in [9.17, 15) is 4.39 Å². The Bertz CT molecular complexity index is 371. The minimum Gasteiger partial charge on any atom is -0.327 e. The van der Waals surface area contributed by atoms with Gasteiger partial charge in [0.1, 0.15) is 5.82 Å². The van der Waals surface area contributed by atoms with Crippen molar-refractivity contribution in [2.75, 3.05) is 0 Å². The second kappa shape index (κ2) is 2.80. The number of rotatable bonds is 1. The molecule has 0 bridgehead atoms. The summed E-state index contributed by atoms with van der Waals surface area (Å²) in [5, 5.41) is 0. The van der Waals surface area contributed by atoms with Crippen LogP contribution in [0.2, 0.25) is 0 Å². The van der Waals surface area contributed by atoms with Crippen LogP contribution in [0.25, 0.3) is 0 Å². The molecule has 2 rings (SSSR count). The van der Waals surface area contributed by atoms with Gasteiger partial charge >= 0.3 is 0 Å². The third-order valence-corrected chi connectivity index (χ3v) is 3.47. The van der Waals surface area contributed by atoms with Crippen LogP contribution in [0.15, 0.2) is 18.2 Å². The zero-order valence-electron chi connectivity index (χ0n) is 8.84. The van der Waals surface area contributed by atoms with E-state index in [-0.39, 0.29) is 17.3 Å². The van der Waals surface area contributed by atoms with Crippen LogP contribution in [0.3, 0.4) is 0 Å². The molecule has 14 heavy (non-hydrogen) atoms. The predicted molar refractivity (Wildman–Crippen MR) is 55.6 cm³/mol. The van der Waals surface area contributed by atoms with Gasteiger partial charge in [0.2, 0.25) is 0 Å². The SMILES string of the molecule is Cc1ccc(C2C(N)C2(C)C)cc1F. The van der Waals surface area contributed by atoms with Gasteiger partial charge in [0.25, 0.3) is 0 Å². The Morgan fingerprint density at radius 1 is 1.36 bits per heavy atom. The molecular formula is C12H16FN. The van der Waals surface area contributed by atoms with Crippen LogP contribution >= 0.6 is 0 Å². The fourth-order valence-corrected chi connectivity index (χ4v) is 2.12. The molecule has 2 unspecified atom stereocenters. The van der Waals surface area contributed by atoms with E-state index < -0.39 is 0 Å². The van der Waals surface area contributed by atoms with Crippen molar-refractivity contribution < 1.29 is 4.39 Å². The lowest BCUT2D eigenvalue weighted by molar-refractivity contribution is 0.592. The number of benzene rings is 1. The molecule has 1 aromatic rings. The topological polar surface area (TPSA) is 26.0 Å². The van der Waals surface area contributed by atoms with E-state index >= 15 is 0 Å². The Labute approximate surface area is 84.1 Å². The Balaban J connectivity index is 2.32. The summed E-state index contributed by atoms with van der Waals surface area (Å²) in [7, 11) is 0. The molecule has 1 saturated carbocycles. The van der Waals surface area contributed by atoms with E-state index in [2.05, 4.69) is 13.8 Å². The summed E-state index contributed by atoms with van der Waals surface area (Å²) in [6.07, 6.45) is 0. The number of nitrogens with two attached hydrogens (primary N) is 1. The first kappa shape index (κ1) is 9.66. The van der Waals surface area contributed by atoms with Gasteiger partial charge in [-0.2, -0.15) is 0 Å². The van der Waals surface area contributed by atoms with Crippen LogP contribution in [-0.4, -0.2) is 6.04 Å². The molecule has 1 fully saturated rings. The molecule has 0 radical (unpaired) electrons. The molecule has 0 amide bonds. The summed E-state index contributed by atoms with van der Waals surface area (Å²) in [4.78, 5) is 0. The van der Waals surface area contributed by atoms with E-state index in [0.717, 1.165) is 5.56 Å². The Morgan fingerprint density at radius 3 is 2.36 bits per heavy atom. The molecule has 0 aromatic heterocycles. The highest BCUT2D eigenvalue weighted by Crippen LogP contribution is 2.57. The molecule has 2 heteroatoms. The van der Waals surface area contributed by atoms with Crippen molar-refractivity contribution in [3.05, 3.63) is 35.1 Å². The van der Waals surface area contributed by atoms with Gasteiger partial charge in [-0.15, -0.1) is 0 Å². The summed E-state index contributed by atoms with van der Waals surface area (Å²) in [6, 6.07) is 5.60. The quantitative estimate of drug-likeness (QED) is 0.729. The maximum absolute atomic E-state index is 13.3. The van der Waals surface area contributed by atoms with Crippen molar-refractivity contribution in [2.24, 2.45) is 11.1 Å². The molecule has 1 aliphatic rings. The minimum absolute atomic E-state index is 0.127. The highest BCUT2D eigenvalue weighted by molar-refractivity contribution is 5.36. The number of halogens is 1. The summed E-state index contributed by atoms with van der Waals surface area (Å²) in [5.41, 5.74) is 7.80. The lowest BCUT2D eigenvalue weighted by Crippen LogP contribution is -2.06. The molecule has 2 N–H and O–H groups in total. The van der Waals surface area contributed by atoms with Crippen LogP contribution in [-0.2, 0) is 0 Å². The molecule has 1 aliphatic carbocycles. The average molecular weight is 193 g/mol. The van der Waals surface area contributed by atoms with E-state index in [0.29, 0.717) is 11.5 Å². The lowest BCUT2D eigenvalue weighted by Gasteiger charge is -2.04. The molecule has 2 atom stereocenters. The van der Waals surface area contributed by atoms with Gasteiger partial charge < -0.3 is 5.73 Å². The average Bonchev–Trinajstić information content (AvgIpc) is 2.58. The molecule has 0 saturated heterocycles. The Morgan fingerprint density at radius 2 is 1.93 bits per heavy atom. The molecule has 0 aliphatic heterocycles. The predicted octanol–water partition coefficient (Wildman–Crippen LogP) is 2.58. The molecule has 1 nitrogen and oxygen atoms in total. The standard InChI is InChI=1S/C12H16FN/c1-7-4-5-8(6-9(7)13)10-11(14)12(10,2)3/h4-6,10-11H,14H2,1-3H3. The number of hydrogen-bond acceptors (Lipinski definition) is 1. The highest BCUT2D eigenvalue weighted by atomic mass is 19.1. The largest absolute Gasteiger partial charge is 0.327 e. The second-order valence-electron chi connectivity index (χ2n) is 4.83. The second-order valence-corrected chi connectivity index (χ2v) is 4.83. The van der Waals surface area contributed by atoms with Crippen LogP contribution in [0.1, 0.15) is 30.9 Å². The summed E-state index contributed by atoms with van der Waals surface area (Å²) in [5.74, 6) is 0.190. The maximum atomic E-state index is 13.3. The van der Waals surface area contributed by atoms with Gasteiger partial charge in [-0.3, -0.25) is 0 Å². The van der Waals surface area contributed by atoms with Crippen molar-refractivity contribution in [1.82, 2.24) is 0 Å². The first-order chi connectivity index (χ1) is 6.44. The van der Waals surface area contributed by atoms with E-state index in [1.54, 1.807) is 13.0 Å². The third kappa shape index (κ3) is 1.25. The van der Waals surface area contributed by atoms with Crippen LogP contribution in [0, 0.1) is 18.2 Å². The van der Waals surface area contributed by atoms with Gasteiger partial charge in [-0.25, -0.2) is 4.39 Å². The van der Waals surface area contributed by atoms with Gasteiger partial charge in [0.15, 0.2) is 0 Å². The van der Waals surface area contributed by atoms with Gasteiger partial charge in [-0.05, 0) is 29.5 Å². The number of hydrogen-bond donors (Lipinski definition) is 1. The summed E-state index contributed by atoms with van der Waals surface area (Å²) >= 11 is 0. The lowest BCUT2D eigenvalue weighted by atomic mass is 10.0. The fraction of sp³-hybridized carbons (Fsp3) is 0.500.